The van der Waals surface area contributed by atoms with E-state index in [-0.39, 0.29) is 23.1 Å². The van der Waals surface area contributed by atoms with Crippen LogP contribution in [0.2, 0.25) is 0 Å². The summed E-state index contributed by atoms with van der Waals surface area (Å²) in [5, 5.41) is 2.87. The highest BCUT2D eigenvalue weighted by molar-refractivity contribution is 5.85. The molecule has 1 heterocycles. The van der Waals surface area contributed by atoms with Crippen LogP contribution in [-0.4, -0.2) is 42.9 Å². The van der Waals surface area contributed by atoms with E-state index in [0.717, 1.165) is 45.1 Å². The normalized spacial score (nSPS) is 22.1. The first-order valence-corrected chi connectivity index (χ1v) is 9.46. The first-order valence-electron chi connectivity index (χ1n) is 9.46. The Morgan fingerprint density at radius 3 is 2.60 bits per heavy atom. The number of likely N-dealkylation sites (tertiary alicyclic amines) is 1. The molecule has 1 unspecified atom stereocenters. The minimum absolute atomic E-state index is 0.0358. The molecule has 136 valence electrons. The smallest absolute Gasteiger partial charge is 0.229 e. The van der Waals surface area contributed by atoms with E-state index in [2.05, 4.69) is 17.4 Å². The largest absolute Gasteiger partial charge is 0.355 e. The lowest BCUT2D eigenvalue weighted by molar-refractivity contribution is -0.150. The second-order valence-corrected chi connectivity index (χ2v) is 7.47. The molecule has 2 amide bonds. The fourth-order valence-corrected chi connectivity index (χ4v) is 4.11. The maximum absolute atomic E-state index is 13.3. The van der Waals surface area contributed by atoms with Crippen LogP contribution in [0.15, 0.2) is 30.3 Å². The van der Waals surface area contributed by atoms with E-state index in [9.17, 15) is 9.59 Å². The van der Waals surface area contributed by atoms with Crippen molar-refractivity contribution in [2.45, 2.75) is 38.5 Å². The SMILES string of the molecule is NCCNC(=O)C1CCCN(C(=O)C2(Cc3ccccc3)CCC2)C1. The third-order valence-corrected chi connectivity index (χ3v) is 5.67. The molecule has 2 fully saturated rings. The van der Waals surface area contributed by atoms with Crippen LogP contribution < -0.4 is 11.1 Å². The standard InChI is InChI=1S/C20H29N3O2/c21-11-12-22-18(24)17-8-4-13-23(15-17)19(25)20(9-5-10-20)14-16-6-2-1-3-7-16/h1-3,6-7,17H,4-5,8-15,21H2,(H,22,24). The summed E-state index contributed by atoms with van der Waals surface area (Å²) in [6.07, 6.45) is 5.60. The summed E-state index contributed by atoms with van der Waals surface area (Å²) >= 11 is 0. The van der Waals surface area contributed by atoms with Gasteiger partial charge in [0.05, 0.1) is 11.3 Å². The molecule has 1 aromatic rings. The summed E-state index contributed by atoms with van der Waals surface area (Å²) in [5.41, 5.74) is 6.43. The minimum atomic E-state index is -0.253. The number of rotatable bonds is 6. The zero-order chi connectivity index (χ0) is 17.7. The van der Waals surface area contributed by atoms with Crippen molar-refractivity contribution < 1.29 is 9.59 Å². The number of carbonyl (C=O) groups excluding carboxylic acids is 2. The monoisotopic (exact) mass is 343 g/mol. The molecule has 1 aliphatic heterocycles. The second-order valence-electron chi connectivity index (χ2n) is 7.47. The van der Waals surface area contributed by atoms with Crippen molar-refractivity contribution in [3.8, 4) is 0 Å². The summed E-state index contributed by atoms with van der Waals surface area (Å²) in [4.78, 5) is 27.5. The number of hydrogen-bond acceptors (Lipinski definition) is 3. The zero-order valence-corrected chi connectivity index (χ0v) is 14.9. The lowest BCUT2D eigenvalue weighted by Gasteiger charge is -2.45. The first-order chi connectivity index (χ1) is 12.1. The predicted octanol–water partition coefficient (Wildman–Crippen LogP) is 1.71. The second kappa shape index (κ2) is 8.00. The third-order valence-electron chi connectivity index (χ3n) is 5.67. The van der Waals surface area contributed by atoms with Crippen LogP contribution >= 0.6 is 0 Å². The van der Waals surface area contributed by atoms with Crippen molar-refractivity contribution in [3.63, 3.8) is 0 Å². The molecule has 1 saturated carbocycles. The quantitative estimate of drug-likeness (QED) is 0.826. The predicted molar refractivity (Wildman–Crippen MR) is 97.8 cm³/mol. The van der Waals surface area contributed by atoms with Gasteiger partial charge in [0, 0.05) is 26.2 Å². The highest BCUT2D eigenvalue weighted by atomic mass is 16.2. The Kier molecular flexibility index (Phi) is 5.74. The average molecular weight is 343 g/mol. The number of piperidine rings is 1. The van der Waals surface area contributed by atoms with Crippen LogP contribution in [0.1, 0.15) is 37.7 Å². The first kappa shape index (κ1) is 17.9. The molecule has 2 aliphatic rings. The number of carbonyl (C=O) groups is 2. The van der Waals surface area contributed by atoms with E-state index in [4.69, 9.17) is 5.73 Å². The Balaban J connectivity index is 1.65. The lowest BCUT2D eigenvalue weighted by atomic mass is 9.64. The van der Waals surface area contributed by atoms with E-state index in [1.54, 1.807) is 0 Å². The van der Waals surface area contributed by atoms with Gasteiger partial charge in [-0.1, -0.05) is 36.8 Å². The molecule has 0 spiro atoms. The molecule has 0 radical (unpaired) electrons. The molecule has 1 aliphatic carbocycles. The van der Waals surface area contributed by atoms with Gasteiger partial charge < -0.3 is 16.0 Å². The summed E-state index contributed by atoms with van der Waals surface area (Å²) < 4.78 is 0. The van der Waals surface area contributed by atoms with Crippen LogP contribution in [0.4, 0.5) is 0 Å². The van der Waals surface area contributed by atoms with Crippen LogP contribution in [0.5, 0.6) is 0 Å². The maximum Gasteiger partial charge on any atom is 0.229 e. The van der Waals surface area contributed by atoms with Crippen molar-refractivity contribution in [2.75, 3.05) is 26.2 Å². The average Bonchev–Trinajstić information content (AvgIpc) is 2.63. The Morgan fingerprint density at radius 2 is 1.96 bits per heavy atom. The van der Waals surface area contributed by atoms with Crippen LogP contribution in [-0.2, 0) is 16.0 Å². The van der Waals surface area contributed by atoms with Gasteiger partial charge in [-0.2, -0.15) is 0 Å². The number of hydrogen-bond donors (Lipinski definition) is 2. The molecule has 5 heteroatoms. The Bertz CT molecular complexity index is 598. The van der Waals surface area contributed by atoms with Gasteiger partial charge in [0.2, 0.25) is 11.8 Å². The van der Waals surface area contributed by atoms with Crippen molar-refractivity contribution in [2.24, 2.45) is 17.1 Å². The highest BCUT2D eigenvalue weighted by Gasteiger charge is 2.47. The van der Waals surface area contributed by atoms with E-state index in [0.29, 0.717) is 19.6 Å². The van der Waals surface area contributed by atoms with Gasteiger partial charge in [-0.05, 0) is 37.7 Å². The molecule has 1 aromatic carbocycles. The number of nitrogens with zero attached hydrogens (tertiary/aromatic N) is 1. The molecule has 1 saturated heterocycles. The summed E-state index contributed by atoms with van der Waals surface area (Å²) in [6, 6.07) is 10.3. The van der Waals surface area contributed by atoms with Gasteiger partial charge in [0.15, 0.2) is 0 Å². The number of benzene rings is 1. The zero-order valence-electron chi connectivity index (χ0n) is 14.9. The molecular weight excluding hydrogens is 314 g/mol. The van der Waals surface area contributed by atoms with Crippen molar-refractivity contribution in [1.29, 1.82) is 0 Å². The molecule has 25 heavy (non-hydrogen) atoms. The van der Waals surface area contributed by atoms with E-state index < -0.39 is 0 Å². The van der Waals surface area contributed by atoms with Crippen LogP contribution in [0.3, 0.4) is 0 Å². The van der Waals surface area contributed by atoms with Gasteiger partial charge in [-0.15, -0.1) is 0 Å². The van der Waals surface area contributed by atoms with Gasteiger partial charge in [-0.3, -0.25) is 9.59 Å². The van der Waals surface area contributed by atoms with E-state index >= 15 is 0 Å². The highest BCUT2D eigenvalue weighted by Crippen LogP contribution is 2.45. The number of nitrogens with two attached hydrogens (primary N) is 1. The molecule has 0 aromatic heterocycles. The Morgan fingerprint density at radius 1 is 1.20 bits per heavy atom. The molecule has 1 atom stereocenters. The summed E-state index contributed by atoms with van der Waals surface area (Å²) in [6.45, 7) is 2.27. The van der Waals surface area contributed by atoms with Crippen LogP contribution in [0.25, 0.3) is 0 Å². The maximum atomic E-state index is 13.3. The van der Waals surface area contributed by atoms with Gasteiger partial charge >= 0.3 is 0 Å². The molecule has 5 nitrogen and oxygen atoms in total. The van der Waals surface area contributed by atoms with Gasteiger partial charge in [0.1, 0.15) is 0 Å². The van der Waals surface area contributed by atoms with E-state index in [1.165, 1.54) is 5.56 Å². The number of nitrogens with one attached hydrogen (secondary N) is 1. The Hall–Kier alpha value is -1.88. The van der Waals surface area contributed by atoms with Gasteiger partial charge in [0.25, 0.3) is 0 Å². The van der Waals surface area contributed by atoms with Gasteiger partial charge in [-0.25, -0.2) is 0 Å². The van der Waals surface area contributed by atoms with Crippen molar-refractivity contribution >= 4 is 11.8 Å². The molecule has 3 N–H and O–H groups in total. The van der Waals surface area contributed by atoms with Crippen LogP contribution in [0, 0.1) is 11.3 Å². The molecule has 0 bridgehead atoms. The number of amides is 2. The lowest BCUT2D eigenvalue weighted by Crippen LogP contribution is -2.53. The fraction of sp³-hybridized carbons (Fsp3) is 0.600. The topological polar surface area (TPSA) is 75.4 Å². The van der Waals surface area contributed by atoms with E-state index in [1.807, 2.05) is 23.1 Å². The third kappa shape index (κ3) is 4.03. The molecular formula is C20H29N3O2. The van der Waals surface area contributed by atoms with Crippen molar-refractivity contribution in [3.05, 3.63) is 35.9 Å². The fourth-order valence-electron chi connectivity index (χ4n) is 4.11. The molecule has 3 rings (SSSR count). The Labute approximate surface area is 150 Å². The summed E-state index contributed by atoms with van der Waals surface area (Å²) in [5.74, 6) is 0.186. The summed E-state index contributed by atoms with van der Waals surface area (Å²) in [7, 11) is 0. The van der Waals surface area contributed by atoms with Crippen molar-refractivity contribution in [1.82, 2.24) is 10.2 Å². The minimum Gasteiger partial charge on any atom is -0.355 e.